The molecule has 5 heteroatoms. The maximum absolute atomic E-state index is 9.28. The van der Waals surface area contributed by atoms with Gasteiger partial charge in [0.05, 0.1) is 18.4 Å². The van der Waals surface area contributed by atoms with Crippen molar-refractivity contribution in [2.45, 2.75) is 13.1 Å². The Morgan fingerprint density at radius 3 is 2.67 bits per heavy atom. The molecule has 1 aliphatic rings. The molecular formula is C13H13N3O2. The molecule has 0 bridgehead atoms. The Labute approximate surface area is 104 Å². The highest BCUT2D eigenvalue weighted by atomic mass is 16.5. The lowest BCUT2D eigenvalue weighted by Crippen LogP contribution is -2.01. The summed E-state index contributed by atoms with van der Waals surface area (Å²) in [6, 6.07) is 6.82. The molecule has 3 rings (SSSR count). The molecular weight excluding hydrogens is 230 g/mol. The third-order valence-corrected chi connectivity index (χ3v) is 2.97. The smallest absolute Gasteiger partial charge is 0.221 e. The molecule has 5 nitrogen and oxygen atoms in total. The number of phenolic OH excluding ortho intramolecular Hbond substituents is 1. The number of phenols is 1. The van der Waals surface area contributed by atoms with Crippen LogP contribution in [0.1, 0.15) is 11.3 Å². The summed E-state index contributed by atoms with van der Waals surface area (Å²) in [6.07, 6.45) is 0. The Morgan fingerprint density at radius 2 is 1.94 bits per heavy atom. The topological polar surface area (TPSA) is 67.3 Å². The van der Waals surface area contributed by atoms with Crippen LogP contribution >= 0.6 is 0 Å². The molecule has 0 saturated heterocycles. The standard InChI is InChI=1S/C13H13N3O2/c1-18-13-10-6-14-7-11(10)15-12(16-13)8-2-4-9(17)5-3-8/h2-5,14,17H,6-7H2,1H3. The van der Waals surface area contributed by atoms with Crippen molar-refractivity contribution < 1.29 is 9.84 Å². The number of methoxy groups -OCH3 is 1. The first kappa shape index (κ1) is 11.0. The van der Waals surface area contributed by atoms with Gasteiger partial charge in [-0.2, -0.15) is 4.98 Å². The Balaban J connectivity index is 2.10. The first-order valence-electron chi connectivity index (χ1n) is 5.72. The molecule has 0 saturated carbocycles. The molecule has 1 aromatic carbocycles. The molecule has 2 N–H and O–H groups in total. The Bertz CT molecular complexity index is 582. The van der Waals surface area contributed by atoms with E-state index in [1.165, 1.54) is 0 Å². The van der Waals surface area contributed by atoms with Crippen LogP contribution in [0.5, 0.6) is 11.6 Å². The van der Waals surface area contributed by atoms with Gasteiger partial charge in [-0.05, 0) is 24.3 Å². The van der Waals surface area contributed by atoms with Crippen molar-refractivity contribution in [1.82, 2.24) is 15.3 Å². The fraction of sp³-hybridized carbons (Fsp3) is 0.231. The van der Waals surface area contributed by atoms with Gasteiger partial charge in [0.1, 0.15) is 5.75 Å². The Morgan fingerprint density at radius 1 is 1.17 bits per heavy atom. The minimum absolute atomic E-state index is 0.230. The average Bonchev–Trinajstić information content (AvgIpc) is 2.86. The summed E-state index contributed by atoms with van der Waals surface area (Å²) in [4.78, 5) is 8.93. The van der Waals surface area contributed by atoms with Gasteiger partial charge in [-0.15, -0.1) is 0 Å². The molecule has 0 atom stereocenters. The van der Waals surface area contributed by atoms with E-state index in [0.29, 0.717) is 11.7 Å². The Hall–Kier alpha value is -2.14. The van der Waals surface area contributed by atoms with Crippen molar-refractivity contribution in [2.24, 2.45) is 0 Å². The summed E-state index contributed by atoms with van der Waals surface area (Å²) < 4.78 is 5.30. The lowest BCUT2D eigenvalue weighted by molar-refractivity contribution is 0.392. The highest BCUT2D eigenvalue weighted by Crippen LogP contribution is 2.27. The monoisotopic (exact) mass is 243 g/mol. The summed E-state index contributed by atoms with van der Waals surface area (Å²) in [5.41, 5.74) is 2.87. The van der Waals surface area contributed by atoms with E-state index < -0.39 is 0 Å². The predicted molar refractivity (Wildman–Crippen MR) is 66.2 cm³/mol. The summed E-state index contributed by atoms with van der Waals surface area (Å²) in [5, 5.41) is 12.5. The molecule has 0 unspecified atom stereocenters. The van der Waals surface area contributed by atoms with Gasteiger partial charge in [0.25, 0.3) is 0 Å². The summed E-state index contributed by atoms with van der Waals surface area (Å²) in [7, 11) is 1.61. The maximum atomic E-state index is 9.28. The molecule has 18 heavy (non-hydrogen) atoms. The van der Waals surface area contributed by atoms with Gasteiger partial charge in [-0.1, -0.05) is 0 Å². The van der Waals surface area contributed by atoms with Crippen molar-refractivity contribution >= 4 is 0 Å². The van der Waals surface area contributed by atoms with E-state index in [0.717, 1.165) is 29.9 Å². The van der Waals surface area contributed by atoms with Crippen molar-refractivity contribution in [1.29, 1.82) is 0 Å². The second-order valence-corrected chi connectivity index (χ2v) is 4.13. The number of rotatable bonds is 2. The second-order valence-electron chi connectivity index (χ2n) is 4.13. The van der Waals surface area contributed by atoms with Crippen LogP contribution < -0.4 is 10.1 Å². The quantitative estimate of drug-likeness (QED) is 0.835. The molecule has 2 heterocycles. The third kappa shape index (κ3) is 1.78. The zero-order valence-electron chi connectivity index (χ0n) is 9.97. The molecule has 0 radical (unpaired) electrons. The van der Waals surface area contributed by atoms with Crippen molar-refractivity contribution in [3.05, 3.63) is 35.5 Å². The van der Waals surface area contributed by atoms with E-state index in [1.807, 2.05) is 0 Å². The lowest BCUT2D eigenvalue weighted by Gasteiger charge is -2.08. The Kier molecular flexibility index (Phi) is 2.60. The van der Waals surface area contributed by atoms with Gasteiger partial charge in [-0.3, -0.25) is 0 Å². The van der Waals surface area contributed by atoms with Crippen molar-refractivity contribution in [3.63, 3.8) is 0 Å². The summed E-state index contributed by atoms with van der Waals surface area (Å²) in [5.74, 6) is 1.47. The third-order valence-electron chi connectivity index (χ3n) is 2.97. The van der Waals surface area contributed by atoms with Gasteiger partial charge < -0.3 is 15.2 Å². The molecule has 0 fully saturated rings. The second kappa shape index (κ2) is 4.27. The van der Waals surface area contributed by atoms with E-state index in [9.17, 15) is 5.11 Å². The first-order valence-corrected chi connectivity index (χ1v) is 5.72. The largest absolute Gasteiger partial charge is 0.508 e. The number of aromatic hydroxyl groups is 1. The van der Waals surface area contributed by atoms with E-state index in [4.69, 9.17) is 4.74 Å². The van der Waals surface area contributed by atoms with Crippen LogP contribution in [0.2, 0.25) is 0 Å². The van der Waals surface area contributed by atoms with E-state index in [-0.39, 0.29) is 5.75 Å². The van der Waals surface area contributed by atoms with E-state index in [1.54, 1.807) is 31.4 Å². The number of hydrogen-bond donors (Lipinski definition) is 2. The van der Waals surface area contributed by atoms with E-state index in [2.05, 4.69) is 15.3 Å². The minimum atomic E-state index is 0.230. The minimum Gasteiger partial charge on any atom is -0.508 e. The van der Waals surface area contributed by atoms with Crippen molar-refractivity contribution in [3.8, 4) is 23.0 Å². The van der Waals surface area contributed by atoms with Crippen LogP contribution in [-0.4, -0.2) is 22.2 Å². The van der Waals surface area contributed by atoms with Gasteiger partial charge >= 0.3 is 0 Å². The van der Waals surface area contributed by atoms with Crippen LogP contribution in [0, 0.1) is 0 Å². The normalized spacial score (nSPS) is 13.4. The first-order chi connectivity index (χ1) is 8.78. The SMILES string of the molecule is COc1nc(-c2ccc(O)cc2)nc2c1CNC2. The van der Waals surface area contributed by atoms with Gasteiger partial charge in [0, 0.05) is 18.7 Å². The molecule has 0 amide bonds. The molecule has 1 aliphatic heterocycles. The highest BCUT2D eigenvalue weighted by Gasteiger charge is 2.19. The molecule has 2 aromatic rings. The number of aromatic nitrogens is 2. The van der Waals surface area contributed by atoms with Crippen LogP contribution in [-0.2, 0) is 13.1 Å². The maximum Gasteiger partial charge on any atom is 0.221 e. The van der Waals surface area contributed by atoms with E-state index >= 15 is 0 Å². The van der Waals surface area contributed by atoms with Crippen LogP contribution in [0.3, 0.4) is 0 Å². The summed E-state index contributed by atoms with van der Waals surface area (Å²) in [6.45, 7) is 1.48. The molecule has 1 aromatic heterocycles. The lowest BCUT2D eigenvalue weighted by atomic mass is 10.2. The van der Waals surface area contributed by atoms with Gasteiger partial charge in [0.2, 0.25) is 5.88 Å². The number of nitrogens with one attached hydrogen (secondary N) is 1. The number of fused-ring (bicyclic) bond motifs is 1. The van der Waals surface area contributed by atoms with Gasteiger partial charge in [-0.25, -0.2) is 4.98 Å². The zero-order chi connectivity index (χ0) is 12.5. The summed E-state index contributed by atoms with van der Waals surface area (Å²) >= 11 is 0. The number of hydrogen-bond acceptors (Lipinski definition) is 5. The number of nitrogens with zero attached hydrogens (tertiary/aromatic N) is 2. The zero-order valence-corrected chi connectivity index (χ0v) is 9.97. The molecule has 0 aliphatic carbocycles. The van der Waals surface area contributed by atoms with Crippen molar-refractivity contribution in [2.75, 3.05) is 7.11 Å². The van der Waals surface area contributed by atoms with Crippen LogP contribution in [0.4, 0.5) is 0 Å². The van der Waals surface area contributed by atoms with Gasteiger partial charge in [0.15, 0.2) is 5.82 Å². The average molecular weight is 243 g/mol. The molecule has 0 spiro atoms. The number of benzene rings is 1. The predicted octanol–water partition coefficient (Wildman–Crippen LogP) is 1.46. The fourth-order valence-electron chi connectivity index (χ4n) is 2.05. The molecule has 92 valence electrons. The number of ether oxygens (including phenoxy) is 1. The van der Waals surface area contributed by atoms with Crippen LogP contribution in [0.15, 0.2) is 24.3 Å². The fourth-order valence-corrected chi connectivity index (χ4v) is 2.05. The highest BCUT2D eigenvalue weighted by molar-refractivity contribution is 5.58. The van der Waals surface area contributed by atoms with Crippen LogP contribution in [0.25, 0.3) is 11.4 Å².